The van der Waals surface area contributed by atoms with Gasteiger partial charge in [-0.2, -0.15) is 0 Å². The molecule has 0 unspecified atom stereocenters. The predicted molar refractivity (Wildman–Crippen MR) is 96.5 cm³/mol. The lowest BCUT2D eigenvalue weighted by Crippen LogP contribution is -2.57. The highest BCUT2D eigenvalue weighted by molar-refractivity contribution is 7.89. The molecule has 0 amide bonds. The van der Waals surface area contributed by atoms with Crippen molar-refractivity contribution in [3.05, 3.63) is 23.2 Å². The van der Waals surface area contributed by atoms with Gasteiger partial charge in [0.1, 0.15) is 12.4 Å². The van der Waals surface area contributed by atoms with Crippen LogP contribution in [0.5, 0.6) is 5.75 Å². The summed E-state index contributed by atoms with van der Waals surface area (Å²) in [6.07, 6.45) is 5.84. The smallest absolute Gasteiger partial charge is 0.238 e. The van der Waals surface area contributed by atoms with Gasteiger partial charge < -0.3 is 9.47 Å². The van der Waals surface area contributed by atoms with Crippen molar-refractivity contribution >= 4 is 21.6 Å². The van der Waals surface area contributed by atoms with E-state index < -0.39 is 10.0 Å². The van der Waals surface area contributed by atoms with E-state index in [9.17, 15) is 8.42 Å². The van der Waals surface area contributed by atoms with Crippen LogP contribution < -0.4 is 9.88 Å². The Hall–Kier alpha value is -0.860. The normalized spacial score (nSPS) is 21.8. The monoisotopic (exact) mass is 388 g/mol. The Morgan fingerprint density at radius 3 is 2.48 bits per heavy atom. The summed E-state index contributed by atoms with van der Waals surface area (Å²) in [5.74, 6) is 0.493. The molecule has 2 aliphatic rings. The van der Waals surface area contributed by atoms with Crippen molar-refractivity contribution in [1.82, 2.24) is 4.90 Å². The predicted octanol–water partition coefficient (Wildman–Crippen LogP) is 2.40. The van der Waals surface area contributed by atoms with Crippen molar-refractivity contribution in [2.45, 2.75) is 42.5 Å². The third-order valence-corrected chi connectivity index (χ3v) is 6.40. The van der Waals surface area contributed by atoms with Crippen LogP contribution in [0.3, 0.4) is 0 Å². The van der Waals surface area contributed by atoms with E-state index in [1.165, 1.54) is 31.4 Å². The highest BCUT2D eigenvalue weighted by Crippen LogP contribution is 2.36. The maximum atomic E-state index is 11.4. The number of nitrogens with two attached hydrogens (primary N) is 1. The summed E-state index contributed by atoms with van der Waals surface area (Å²) in [7, 11) is -3.77. The van der Waals surface area contributed by atoms with Gasteiger partial charge in [-0.15, -0.1) is 0 Å². The molecular formula is C17H25ClN2O4S. The first-order valence-electron chi connectivity index (χ1n) is 8.69. The van der Waals surface area contributed by atoms with E-state index in [4.69, 9.17) is 26.2 Å². The topological polar surface area (TPSA) is 81.9 Å². The number of hydrogen-bond acceptors (Lipinski definition) is 5. The average Bonchev–Trinajstić information content (AvgIpc) is 2.61. The van der Waals surface area contributed by atoms with Gasteiger partial charge in [0.05, 0.1) is 28.7 Å². The zero-order valence-electron chi connectivity index (χ0n) is 14.2. The van der Waals surface area contributed by atoms with Gasteiger partial charge in [0.25, 0.3) is 0 Å². The van der Waals surface area contributed by atoms with E-state index in [2.05, 4.69) is 4.90 Å². The molecule has 3 rings (SSSR count). The SMILES string of the molecule is NS(=O)(=O)c1ccc(OCC2(N3CCOCC3)CCCCC2)c(Cl)c1. The fourth-order valence-electron chi connectivity index (χ4n) is 3.79. The molecule has 25 heavy (non-hydrogen) atoms. The Balaban J connectivity index is 1.75. The molecule has 2 fully saturated rings. The van der Waals surface area contributed by atoms with E-state index in [1.807, 2.05) is 0 Å². The van der Waals surface area contributed by atoms with E-state index in [-0.39, 0.29) is 15.5 Å². The molecule has 0 radical (unpaired) electrons. The number of primary sulfonamides is 1. The van der Waals surface area contributed by atoms with Crippen LogP contribution in [0.4, 0.5) is 0 Å². The molecule has 0 atom stereocenters. The number of rotatable bonds is 5. The van der Waals surface area contributed by atoms with Crippen molar-refractivity contribution in [3.63, 3.8) is 0 Å². The minimum absolute atomic E-state index is 0.00394. The zero-order valence-corrected chi connectivity index (χ0v) is 15.8. The molecular weight excluding hydrogens is 364 g/mol. The van der Waals surface area contributed by atoms with Gasteiger partial charge in [0.15, 0.2) is 0 Å². The minimum Gasteiger partial charge on any atom is -0.490 e. The second-order valence-corrected chi connectivity index (χ2v) is 8.78. The van der Waals surface area contributed by atoms with Crippen molar-refractivity contribution in [1.29, 1.82) is 0 Å². The van der Waals surface area contributed by atoms with Crippen LogP contribution in [0.1, 0.15) is 32.1 Å². The van der Waals surface area contributed by atoms with Crippen LogP contribution in [0.25, 0.3) is 0 Å². The quantitative estimate of drug-likeness (QED) is 0.837. The number of hydrogen-bond donors (Lipinski definition) is 1. The Bertz CT molecular complexity index is 699. The molecule has 1 aromatic rings. The Labute approximate surface area is 154 Å². The van der Waals surface area contributed by atoms with Gasteiger partial charge in [0.2, 0.25) is 10.0 Å². The molecule has 8 heteroatoms. The van der Waals surface area contributed by atoms with Gasteiger partial charge in [-0.3, -0.25) is 4.90 Å². The van der Waals surface area contributed by atoms with E-state index >= 15 is 0 Å². The summed E-state index contributed by atoms with van der Waals surface area (Å²) >= 11 is 6.21. The number of ether oxygens (including phenoxy) is 2. The standard InChI is InChI=1S/C17H25ClN2O4S/c18-15-12-14(25(19,21)22)4-5-16(15)24-13-17(6-2-1-3-7-17)20-8-10-23-11-9-20/h4-5,12H,1-3,6-11,13H2,(H2,19,21,22). The lowest BCUT2D eigenvalue weighted by molar-refractivity contribution is -0.0550. The molecule has 1 aliphatic carbocycles. The molecule has 1 aliphatic heterocycles. The van der Waals surface area contributed by atoms with Crippen LogP contribution in [0, 0.1) is 0 Å². The largest absolute Gasteiger partial charge is 0.490 e. The summed E-state index contributed by atoms with van der Waals surface area (Å²) in [5.41, 5.74) is 0.00394. The summed E-state index contributed by atoms with van der Waals surface area (Å²) in [6.45, 7) is 3.89. The number of benzene rings is 1. The number of nitrogens with zero attached hydrogens (tertiary/aromatic N) is 1. The molecule has 6 nitrogen and oxygen atoms in total. The maximum Gasteiger partial charge on any atom is 0.238 e. The van der Waals surface area contributed by atoms with Crippen molar-refractivity contribution in [2.75, 3.05) is 32.9 Å². The number of halogens is 1. The van der Waals surface area contributed by atoms with Crippen LogP contribution in [-0.2, 0) is 14.8 Å². The zero-order chi connectivity index (χ0) is 17.9. The molecule has 140 valence electrons. The molecule has 0 aromatic heterocycles. The van der Waals surface area contributed by atoms with Crippen LogP contribution in [0.15, 0.2) is 23.1 Å². The fraction of sp³-hybridized carbons (Fsp3) is 0.647. The van der Waals surface area contributed by atoms with E-state index in [0.29, 0.717) is 12.4 Å². The average molecular weight is 389 g/mol. The van der Waals surface area contributed by atoms with Gasteiger partial charge in [-0.05, 0) is 31.0 Å². The highest BCUT2D eigenvalue weighted by atomic mass is 35.5. The first kappa shape index (κ1) is 18.9. The fourth-order valence-corrected chi connectivity index (χ4v) is 4.63. The van der Waals surface area contributed by atoms with Crippen LogP contribution >= 0.6 is 11.6 Å². The first-order valence-corrected chi connectivity index (χ1v) is 10.6. The second kappa shape index (κ2) is 7.80. The summed E-state index contributed by atoms with van der Waals surface area (Å²) in [5, 5.41) is 5.40. The number of sulfonamides is 1. The Kier molecular flexibility index (Phi) is 5.90. The summed E-state index contributed by atoms with van der Waals surface area (Å²) < 4.78 is 34.4. The summed E-state index contributed by atoms with van der Waals surface area (Å²) in [6, 6.07) is 4.35. The highest BCUT2D eigenvalue weighted by Gasteiger charge is 2.39. The lowest BCUT2D eigenvalue weighted by Gasteiger charge is -2.47. The summed E-state index contributed by atoms with van der Waals surface area (Å²) in [4.78, 5) is 2.48. The van der Waals surface area contributed by atoms with E-state index in [1.54, 1.807) is 6.07 Å². The molecule has 1 saturated heterocycles. The molecule has 2 N–H and O–H groups in total. The maximum absolute atomic E-state index is 11.4. The number of morpholine rings is 1. The Morgan fingerprint density at radius 1 is 1.20 bits per heavy atom. The van der Waals surface area contributed by atoms with Gasteiger partial charge in [-0.25, -0.2) is 13.6 Å². The van der Waals surface area contributed by atoms with Crippen molar-refractivity contribution in [2.24, 2.45) is 5.14 Å². The third kappa shape index (κ3) is 4.46. The molecule has 1 heterocycles. The molecule has 0 spiro atoms. The first-order chi connectivity index (χ1) is 11.9. The second-order valence-electron chi connectivity index (χ2n) is 6.81. The minimum atomic E-state index is -3.77. The van der Waals surface area contributed by atoms with E-state index in [0.717, 1.165) is 39.1 Å². The molecule has 1 aromatic carbocycles. The molecule has 0 bridgehead atoms. The van der Waals surface area contributed by atoms with Crippen molar-refractivity contribution in [3.8, 4) is 5.75 Å². The lowest BCUT2D eigenvalue weighted by atomic mass is 9.80. The van der Waals surface area contributed by atoms with Gasteiger partial charge in [0, 0.05) is 13.1 Å². The Morgan fingerprint density at radius 2 is 1.88 bits per heavy atom. The van der Waals surface area contributed by atoms with Crippen LogP contribution in [-0.4, -0.2) is 51.8 Å². The van der Waals surface area contributed by atoms with Crippen molar-refractivity contribution < 1.29 is 17.9 Å². The van der Waals surface area contributed by atoms with Gasteiger partial charge >= 0.3 is 0 Å². The third-order valence-electron chi connectivity index (χ3n) is 5.19. The molecule has 1 saturated carbocycles. The van der Waals surface area contributed by atoms with Gasteiger partial charge in [-0.1, -0.05) is 30.9 Å². The van der Waals surface area contributed by atoms with Crippen LogP contribution in [0.2, 0.25) is 5.02 Å².